The Bertz CT molecular complexity index is 367. The Hall–Kier alpha value is -0.790. The molecule has 0 bridgehead atoms. The summed E-state index contributed by atoms with van der Waals surface area (Å²) in [4.78, 5) is 2.50. The molecule has 0 fully saturated rings. The van der Waals surface area contributed by atoms with Gasteiger partial charge in [-0.05, 0) is 30.5 Å². The van der Waals surface area contributed by atoms with Crippen LogP contribution in [-0.4, -0.2) is 18.0 Å². The fourth-order valence-corrected chi connectivity index (χ4v) is 2.25. The third-order valence-electron chi connectivity index (χ3n) is 3.08. The summed E-state index contributed by atoms with van der Waals surface area (Å²) in [6.07, 6.45) is 4.76. The van der Waals surface area contributed by atoms with Crippen molar-refractivity contribution in [2.75, 3.05) is 13.1 Å². The Balaban J connectivity index is 1.95. The third kappa shape index (κ3) is 3.10. The van der Waals surface area contributed by atoms with Crippen molar-refractivity contribution < 1.29 is 0 Å². The van der Waals surface area contributed by atoms with Gasteiger partial charge in [-0.3, -0.25) is 4.90 Å². The monoisotopic (exact) mass is 235 g/mol. The highest BCUT2D eigenvalue weighted by atomic mass is 35.5. The molecule has 1 aromatic rings. The standard InChI is InChI=1S/C14H18ClN/c1-2-12-4-3-9-16(10-12)11-13-5-7-14(15)8-6-13/h4-8H,2-3,9-11H2,1H3. The molecule has 0 aliphatic carbocycles. The fraction of sp³-hybridized carbons (Fsp3) is 0.429. The highest BCUT2D eigenvalue weighted by Crippen LogP contribution is 2.16. The Labute approximate surface area is 103 Å². The van der Waals surface area contributed by atoms with Crippen molar-refractivity contribution >= 4 is 11.6 Å². The van der Waals surface area contributed by atoms with Crippen LogP contribution in [0, 0.1) is 0 Å². The minimum Gasteiger partial charge on any atom is -0.295 e. The lowest BCUT2D eigenvalue weighted by atomic mass is 10.1. The maximum atomic E-state index is 5.88. The zero-order valence-electron chi connectivity index (χ0n) is 9.75. The van der Waals surface area contributed by atoms with Gasteiger partial charge in [0.15, 0.2) is 0 Å². The first-order valence-electron chi connectivity index (χ1n) is 5.92. The van der Waals surface area contributed by atoms with Gasteiger partial charge < -0.3 is 0 Å². The molecule has 0 unspecified atom stereocenters. The van der Waals surface area contributed by atoms with Crippen LogP contribution in [0.5, 0.6) is 0 Å². The van der Waals surface area contributed by atoms with Gasteiger partial charge in [-0.25, -0.2) is 0 Å². The van der Waals surface area contributed by atoms with Crippen LogP contribution in [-0.2, 0) is 6.54 Å². The van der Waals surface area contributed by atoms with Gasteiger partial charge in [0.25, 0.3) is 0 Å². The van der Waals surface area contributed by atoms with E-state index in [0.29, 0.717) is 0 Å². The van der Waals surface area contributed by atoms with E-state index in [1.54, 1.807) is 5.57 Å². The SMILES string of the molecule is CCC1=CCCN(Cc2ccc(Cl)cc2)C1. The van der Waals surface area contributed by atoms with Gasteiger partial charge in [0, 0.05) is 24.7 Å². The molecule has 0 saturated carbocycles. The minimum atomic E-state index is 0.816. The van der Waals surface area contributed by atoms with Crippen molar-refractivity contribution in [3.8, 4) is 0 Å². The molecule has 0 amide bonds. The number of benzene rings is 1. The van der Waals surface area contributed by atoms with Crippen LogP contribution >= 0.6 is 11.6 Å². The molecule has 0 spiro atoms. The Morgan fingerprint density at radius 3 is 2.69 bits per heavy atom. The predicted octanol–water partition coefficient (Wildman–Crippen LogP) is 3.88. The number of halogens is 1. The lowest BCUT2D eigenvalue weighted by Gasteiger charge is -2.26. The van der Waals surface area contributed by atoms with Gasteiger partial charge in [-0.1, -0.05) is 42.3 Å². The van der Waals surface area contributed by atoms with E-state index in [-0.39, 0.29) is 0 Å². The van der Waals surface area contributed by atoms with E-state index >= 15 is 0 Å². The van der Waals surface area contributed by atoms with E-state index in [1.165, 1.54) is 24.9 Å². The quantitative estimate of drug-likeness (QED) is 0.719. The molecule has 2 heteroatoms. The predicted molar refractivity (Wildman–Crippen MR) is 69.7 cm³/mol. The van der Waals surface area contributed by atoms with E-state index in [1.807, 2.05) is 12.1 Å². The molecule has 1 heterocycles. The average Bonchev–Trinajstić information content (AvgIpc) is 2.32. The van der Waals surface area contributed by atoms with Crippen LogP contribution in [0.4, 0.5) is 0 Å². The second kappa shape index (κ2) is 5.51. The van der Waals surface area contributed by atoms with Crippen molar-refractivity contribution in [2.24, 2.45) is 0 Å². The summed E-state index contributed by atoms with van der Waals surface area (Å²) in [6, 6.07) is 8.17. The summed E-state index contributed by atoms with van der Waals surface area (Å²) in [5.74, 6) is 0. The Morgan fingerprint density at radius 1 is 1.25 bits per heavy atom. The molecule has 1 aliphatic rings. The first kappa shape index (κ1) is 11.7. The Kier molecular flexibility index (Phi) is 4.03. The summed E-state index contributed by atoms with van der Waals surface area (Å²) in [5.41, 5.74) is 2.92. The first-order chi connectivity index (χ1) is 7.78. The van der Waals surface area contributed by atoms with Crippen LogP contribution in [0.2, 0.25) is 5.02 Å². The van der Waals surface area contributed by atoms with Crippen molar-refractivity contribution in [1.29, 1.82) is 0 Å². The molecule has 86 valence electrons. The maximum Gasteiger partial charge on any atom is 0.0406 e. The molecule has 2 rings (SSSR count). The lowest BCUT2D eigenvalue weighted by Crippen LogP contribution is -2.29. The van der Waals surface area contributed by atoms with Crippen molar-refractivity contribution in [3.05, 3.63) is 46.5 Å². The number of hydrogen-bond donors (Lipinski definition) is 0. The van der Waals surface area contributed by atoms with Crippen LogP contribution in [0.15, 0.2) is 35.9 Å². The van der Waals surface area contributed by atoms with Gasteiger partial charge in [0.1, 0.15) is 0 Å². The second-order valence-corrected chi connectivity index (χ2v) is 4.78. The molecule has 0 N–H and O–H groups in total. The molecule has 0 radical (unpaired) electrons. The van der Waals surface area contributed by atoms with E-state index in [9.17, 15) is 0 Å². The van der Waals surface area contributed by atoms with Crippen molar-refractivity contribution in [3.63, 3.8) is 0 Å². The van der Waals surface area contributed by atoms with Gasteiger partial charge in [-0.15, -0.1) is 0 Å². The highest BCUT2D eigenvalue weighted by molar-refractivity contribution is 6.30. The largest absolute Gasteiger partial charge is 0.295 e. The summed E-state index contributed by atoms with van der Waals surface area (Å²) < 4.78 is 0. The molecule has 16 heavy (non-hydrogen) atoms. The fourth-order valence-electron chi connectivity index (χ4n) is 2.12. The van der Waals surface area contributed by atoms with E-state index in [0.717, 1.165) is 18.1 Å². The molecule has 1 nitrogen and oxygen atoms in total. The average molecular weight is 236 g/mol. The molecular weight excluding hydrogens is 218 g/mol. The molecule has 1 aliphatic heterocycles. The third-order valence-corrected chi connectivity index (χ3v) is 3.33. The topological polar surface area (TPSA) is 3.24 Å². The number of rotatable bonds is 3. The smallest absolute Gasteiger partial charge is 0.0406 e. The molecule has 0 saturated heterocycles. The zero-order chi connectivity index (χ0) is 11.4. The normalized spacial score (nSPS) is 17.2. The van der Waals surface area contributed by atoms with Crippen LogP contribution in [0.3, 0.4) is 0 Å². The van der Waals surface area contributed by atoms with Crippen LogP contribution in [0.25, 0.3) is 0 Å². The summed E-state index contributed by atoms with van der Waals surface area (Å²) >= 11 is 5.88. The maximum absolute atomic E-state index is 5.88. The van der Waals surface area contributed by atoms with Crippen LogP contribution in [0.1, 0.15) is 25.3 Å². The number of nitrogens with zero attached hydrogens (tertiary/aromatic N) is 1. The van der Waals surface area contributed by atoms with Crippen molar-refractivity contribution in [2.45, 2.75) is 26.3 Å². The van der Waals surface area contributed by atoms with Gasteiger partial charge in [0.2, 0.25) is 0 Å². The van der Waals surface area contributed by atoms with Crippen LogP contribution < -0.4 is 0 Å². The molecular formula is C14H18ClN. The summed E-state index contributed by atoms with van der Waals surface area (Å²) in [7, 11) is 0. The summed E-state index contributed by atoms with van der Waals surface area (Å²) in [6.45, 7) is 5.57. The summed E-state index contributed by atoms with van der Waals surface area (Å²) in [5, 5.41) is 0.816. The first-order valence-corrected chi connectivity index (χ1v) is 6.30. The number of hydrogen-bond acceptors (Lipinski definition) is 1. The van der Waals surface area contributed by atoms with E-state index in [2.05, 4.69) is 30.0 Å². The van der Waals surface area contributed by atoms with E-state index in [4.69, 9.17) is 11.6 Å². The van der Waals surface area contributed by atoms with E-state index < -0.39 is 0 Å². The molecule has 1 aromatic carbocycles. The Morgan fingerprint density at radius 2 is 2.00 bits per heavy atom. The van der Waals surface area contributed by atoms with Gasteiger partial charge in [0.05, 0.1) is 0 Å². The second-order valence-electron chi connectivity index (χ2n) is 4.34. The molecule has 0 atom stereocenters. The minimum absolute atomic E-state index is 0.816. The van der Waals surface area contributed by atoms with Crippen molar-refractivity contribution in [1.82, 2.24) is 4.90 Å². The van der Waals surface area contributed by atoms with Gasteiger partial charge in [-0.2, -0.15) is 0 Å². The zero-order valence-corrected chi connectivity index (χ0v) is 10.5. The van der Waals surface area contributed by atoms with Gasteiger partial charge >= 0.3 is 0 Å². The lowest BCUT2D eigenvalue weighted by molar-refractivity contribution is 0.279. The molecule has 0 aromatic heterocycles. The highest BCUT2D eigenvalue weighted by Gasteiger charge is 2.11.